The van der Waals surface area contributed by atoms with Crippen LogP contribution in [0.5, 0.6) is 0 Å². The Morgan fingerprint density at radius 1 is 0.714 bits per heavy atom. The molecule has 0 rings (SSSR count). The highest BCUT2D eigenvalue weighted by Crippen LogP contribution is 2.17. The molecule has 0 aliphatic rings. The van der Waals surface area contributed by atoms with E-state index in [-0.39, 0.29) is 48.3 Å². The first-order valence-electron chi connectivity index (χ1n) is 10.5. The van der Waals surface area contributed by atoms with E-state index in [9.17, 15) is 19.2 Å². The summed E-state index contributed by atoms with van der Waals surface area (Å²) in [7, 11) is -2.40. The fraction of sp³-hybridized carbons (Fsp3) is 0.818. The van der Waals surface area contributed by atoms with Gasteiger partial charge in [-0.05, 0) is 59.2 Å². The van der Waals surface area contributed by atoms with Crippen molar-refractivity contribution in [3.63, 3.8) is 0 Å². The molecule has 0 aromatic carbocycles. The van der Waals surface area contributed by atoms with Crippen LogP contribution < -0.4 is 11.5 Å². The molecule has 0 saturated heterocycles. The maximum Gasteiger partial charge on any atom is 0.500 e. The SMILES string of the molecule is C.C.C.CCOC(=O)CC(=O)Cl.CCOC(=O)CC(N)=O.CCO[Si](CCCN)(OCC)OCC. The second-order valence-electron chi connectivity index (χ2n) is 5.66. The van der Waals surface area contributed by atoms with E-state index in [2.05, 4.69) is 15.2 Å². The third kappa shape index (κ3) is 34.7. The van der Waals surface area contributed by atoms with Gasteiger partial charge in [-0.15, -0.1) is 0 Å². The summed E-state index contributed by atoms with van der Waals surface area (Å²) >= 11 is 4.87. The Kier molecular flexibility index (Phi) is 43.3. The van der Waals surface area contributed by atoms with E-state index < -0.39 is 31.9 Å². The van der Waals surface area contributed by atoms with Crippen molar-refractivity contribution in [3.8, 4) is 0 Å². The van der Waals surface area contributed by atoms with Gasteiger partial charge in [0.15, 0.2) is 0 Å². The molecule has 0 heterocycles. The van der Waals surface area contributed by atoms with Gasteiger partial charge in [-0.1, -0.05) is 22.3 Å². The average Bonchev–Trinajstić information content (AvgIpc) is 2.67. The molecule has 0 radical (unpaired) electrons. The van der Waals surface area contributed by atoms with Gasteiger partial charge in [-0.3, -0.25) is 19.2 Å². The summed E-state index contributed by atoms with van der Waals surface area (Å²) in [5.41, 5.74) is 10.2. The summed E-state index contributed by atoms with van der Waals surface area (Å²) in [5.74, 6) is -1.80. The van der Waals surface area contributed by atoms with Crippen molar-refractivity contribution in [2.45, 2.75) is 82.2 Å². The fourth-order valence-corrected chi connectivity index (χ4v) is 4.75. The number of ether oxygens (including phenoxy) is 2. The van der Waals surface area contributed by atoms with E-state index in [4.69, 9.17) is 30.6 Å². The van der Waals surface area contributed by atoms with E-state index in [1.165, 1.54) is 0 Å². The molecule has 0 unspecified atom stereocenters. The van der Waals surface area contributed by atoms with E-state index in [1.807, 2.05) is 20.8 Å². The van der Waals surface area contributed by atoms with Crippen molar-refractivity contribution in [1.82, 2.24) is 0 Å². The van der Waals surface area contributed by atoms with Crippen LogP contribution in [0.2, 0.25) is 6.04 Å². The number of hydrogen-bond acceptors (Lipinski definition) is 10. The van der Waals surface area contributed by atoms with Crippen LogP contribution in [-0.2, 0) is 41.9 Å². The number of primary amides is 1. The number of nitrogens with two attached hydrogens (primary N) is 2. The molecular weight excluding hydrogens is 500 g/mol. The second-order valence-corrected chi connectivity index (χ2v) is 8.81. The predicted octanol–water partition coefficient (Wildman–Crippen LogP) is 3.42. The van der Waals surface area contributed by atoms with Crippen molar-refractivity contribution in [3.05, 3.63) is 0 Å². The number of carbonyl (C=O) groups excluding carboxylic acids is 4. The average molecular weight is 551 g/mol. The van der Waals surface area contributed by atoms with Gasteiger partial charge in [-0.25, -0.2) is 0 Å². The summed E-state index contributed by atoms with van der Waals surface area (Å²) in [4.78, 5) is 40.7. The van der Waals surface area contributed by atoms with Gasteiger partial charge < -0.3 is 34.2 Å². The molecule has 13 heteroatoms. The molecule has 0 atom stereocenters. The normalized spacial score (nSPS) is 9.23. The smallest absolute Gasteiger partial charge is 0.466 e. The molecule has 0 fully saturated rings. The van der Waals surface area contributed by atoms with Crippen LogP contribution in [0.1, 0.15) is 76.2 Å². The Morgan fingerprint density at radius 3 is 1.34 bits per heavy atom. The van der Waals surface area contributed by atoms with Crippen LogP contribution in [0.25, 0.3) is 0 Å². The third-order valence-electron chi connectivity index (χ3n) is 2.99. The molecule has 35 heavy (non-hydrogen) atoms. The van der Waals surface area contributed by atoms with Crippen molar-refractivity contribution in [1.29, 1.82) is 0 Å². The minimum atomic E-state index is -2.40. The number of carbonyl (C=O) groups is 4. The zero-order chi connectivity index (χ0) is 25.4. The first-order chi connectivity index (χ1) is 15.1. The van der Waals surface area contributed by atoms with Gasteiger partial charge >= 0.3 is 20.7 Å². The van der Waals surface area contributed by atoms with Crippen LogP contribution in [0, 0.1) is 0 Å². The quantitative estimate of drug-likeness (QED) is 0.133. The third-order valence-corrected chi connectivity index (χ3v) is 6.28. The van der Waals surface area contributed by atoms with Gasteiger partial charge in [0.05, 0.1) is 13.2 Å². The highest BCUT2D eigenvalue weighted by Gasteiger charge is 2.39. The molecule has 0 saturated carbocycles. The minimum Gasteiger partial charge on any atom is -0.466 e. The summed E-state index contributed by atoms with van der Waals surface area (Å²) in [5, 5.41) is -0.687. The van der Waals surface area contributed by atoms with Gasteiger partial charge in [0.2, 0.25) is 11.1 Å². The fourth-order valence-electron chi connectivity index (χ4n) is 2.00. The highest BCUT2D eigenvalue weighted by atomic mass is 35.5. The van der Waals surface area contributed by atoms with Crippen molar-refractivity contribution >= 4 is 43.5 Å². The highest BCUT2D eigenvalue weighted by molar-refractivity contribution is 6.64. The molecule has 0 bridgehead atoms. The second kappa shape index (κ2) is 32.4. The summed E-state index contributed by atoms with van der Waals surface area (Å²) in [6, 6.07) is 0.818. The lowest BCUT2D eigenvalue weighted by Crippen LogP contribution is -2.46. The van der Waals surface area contributed by atoms with Crippen LogP contribution in [0.3, 0.4) is 0 Å². The molecule has 0 aromatic rings. The standard InChI is InChI=1S/C9H23NO3Si.C5H7ClO3.C5H9NO3.3CH4/c1-4-11-14(12-5-2,13-6-3)9-7-8-10;2*1-2-9-5(8)3-4(6)7;;;/h4-10H2,1-3H3;2-3H2,1H3;2-3H2,1H3,(H2,6,7);3*1H4. The summed E-state index contributed by atoms with van der Waals surface area (Å²) < 4.78 is 25.8. The molecule has 0 spiro atoms. The Bertz CT molecular complexity index is 480. The van der Waals surface area contributed by atoms with Gasteiger partial charge in [0.25, 0.3) is 0 Å². The number of amides is 1. The molecule has 1 amide bonds. The van der Waals surface area contributed by atoms with Gasteiger partial charge in [0, 0.05) is 25.9 Å². The van der Waals surface area contributed by atoms with Crippen molar-refractivity contribution in [2.24, 2.45) is 11.5 Å². The molecule has 214 valence electrons. The molecule has 0 aromatic heterocycles. The van der Waals surface area contributed by atoms with Gasteiger partial charge in [-0.2, -0.15) is 0 Å². The topological polar surface area (TPSA) is 166 Å². The lowest BCUT2D eigenvalue weighted by atomic mass is 10.4. The van der Waals surface area contributed by atoms with Gasteiger partial charge in [0.1, 0.15) is 12.8 Å². The maximum absolute atomic E-state index is 10.3. The van der Waals surface area contributed by atoms with Crippen LogP contribution in [-0.4, -0.2) is 71.5 Å². The Hall–Kier alpha value is -1.57. The lowest BCUT2D eigenvalue weighted by molar-refractivity contribution is -0.146. The number of rotatable bonds is 15. The first kappa shape index (κ1) is 46.7. The zero-order valence-corrected chi connectivity index (χ0v) is 21.5. The van der Waals surface area contributed by atoms with Crippen LogP contribution in [0.15, 0.2) is 0 Å². The summed E-state index contributed by atoms with van der Waals surface area (Å²) in [6.07, 6.45) is 0.232. The number of esters is 2. The van der Waals surface area contributed by atoms with E-state index in [1.54, 1.807) is 13.8 Å². The minimum absolute atomic E-state index is 0. The number of hydrogen-bond donors (Lipinski definition) is 2. The zero-order valence-electron chi connectivity index (χ0n) is 19.8. The van der Waals surface area contributed by atoms with E-state index >= 15 is 0 Å². The molecule has 11 nitrogen and oxygen atoms in total. The van der Waals surface area contributed by atoms with Crippen LogP contribution >= 0.6 is 11.6 Å². The van der Waals surface area contributed by atoms with E-state index in [0.717, 1.165) is 12.5 Å². The number of halogens is 1. The molecular formula is C22H51ClN2O9Si. The van der Waals surface area contributed by atoms with Crippen molar-refractivity contribution in [2.75, 3.05) is 39.6 Å². The van der Waals surface area contributed by atoms with Crippen molar-refractivity contribution < 1.29 is 41.9 Å². The Labute approximate surface area is 218 Å². The first-order valence-corrected chi connectivity index (χ1v) is 12.8. The van der Waals surface area contributed by atoms with Crippen LogP contribution in [0.4, 0.5) is 0 Å². The molecule has 0 aliphatic heterocycles. The Balaban J connectivity index is -0.0000000895. The van der Waals surface area contributed by atoms with E-state index in [0.29, 0.717) is 26.4 Å². The molecule has 0 aliphatic carbocycles. The molecule has 4 N–H and O–H groups in total. The summed E-state index contributed by atoms with van der Waals surface area (Å²) in [6.45, 7) is 12.3. The maximum atomic E-state index is 10.3. The monoisotopic (exact) mass is 550 g/mol. The Morgan fingerprint density at radius 2 is 1.09 bits per heavy atom. The lowest BCUT2D eigenvalue weighted by Gasteiger charge is -2.28. The predicted molar refractivity (Wildman–Crippen MR) is 142 cm³/mol. The largest absolute Gasteiger partial charge is 0.500 e.